The van der Waals surface area contributed by atoms with E-state index in [0.717, 1.165) is 22.3 Å². The van der Waals surface area contributed by atoms with Gasteiger partial charge in [0.15, 0.2) is 5.60 Å². The average Bonchev–Trinajstić information content (AvgIpc) is 3.45. The van der Waals surface area contributed by atoms with Crippen molar-refractivity contribution in [1.29, 1.82) is 0 Å². The Balaban J connectivity index is 1.41. The van der Waals surface area contributed by atoms with Crippen LogP contribution in [-0.4, -0.2) is 34.4 Å². The second-order valence-corrected chi connectivity index (χ2v) is 9.23. The van der Waals surface area contributed by atoms with Gasteiger partial charge in [-0.25, -0.2) is 0 Å². The minimum Gasteiger partial charge on any atom is -0.372 e. The molecular formula is C27H26ClN3O3. The number of likely N-dealkylation sites (tertiary alicyclic amines) is 1. The number of halogens is 1. The molecule has 1 unspecified atom stereocenters. The molecule has 0 bridgehead atoms. The van der Waals surface area contributed by atoms with E-state index in [1.165, 1.54) is 4.90 Å². The predicted molar refractivity (Wildman–Crippen MR) is 131 cm³/mol. The smallest absolute Gasteiger partial charge is 0.264 e. The van der Waals surface area contributed by atoms with Crippen LogP contribution in [0.4, 0.5) is 0 Å². The molecule has 1 fully saturated rings. The second-order valence-electron chi connectivity index (χ2n) is 8.79. The molecule has 2 amide bonds. The van der Waals surface area contributed by atoms with Gasteiger partial charge in [-0.3, -0.25) is 9.59 Å². The van der Waals surface area contributed by atoms with Crippen LogP contribution >= 0.6 is 11.6 Å². The highest BCUT2D eigenvalue weighted by Crippen LogP contribution is 2.48. The first-order chi connectivity index (χ1) is 16.4. The fourth-order valence-corrected chi connectivity index (χ4v) is 5.39. The molecule has 1 heterocycles. The number of carbonyl (C=O) groups excluding carboxylic acids is 2. The molecule has 5 rings (SSSR count). The van der Waals surface area contributed by atoms with E-state index >= 15 is 0 Å². The number of nitrogens with two attached hydrogens (primary N) is 1. The van der Waals surface area contributed by atoms with Gasteiger partial charge in [0.1, 0.15) is 6.04 Å². The normalized spacial score (nSPS) is 17.9. The zero-order valence-corrected chi connectivity index (χ0v) is 19.4. The number of fused-ring (bicyclic) bond motifs is 3. The summed E-state index contributed by atoms with van der Waals surface area (Å²) in [5.41, 5.74) is 8.52. The number of benzene rings is 3. The molecule has 3 aromatic rings. The van der Waals surface area contributed by atoms with Crippen LogP contribution in [0.5, 0.6) is 0 Å². The molecule has 174 valence electrons. The van der Waals surface area contributed by atoms with Crippen LogP contribution in [-0.2, 0) is 28.3 Å². The molecule has 0 spiro atoms. The van der Waals surface area contributed by atoms with Gasteiger partial charge in [-0.15, -0.1) is 0 Å². The van der Waals surface area contributed by atoms with Gasteiger partial charge < -0.3 is 21.1 Å². The fourth-order valence-electron chi connectivity index (χ4n) is 5.19. The number of hydrogen-bond donors (Lipinski definition) is 3. The van der Waals surface area contributed by atoms with Crippen molar-refractivity contribution in [3.05, 3.63) is 94.0 Å². The van der Waals surface area contributed by atoms with Crippen LogP contribution in [0, 0.1) is 0 Å². The fraction of sp³-hybridized carbons (Fsp3) is 0.259. The van der Waals surface area contributed by atoms with E-state index in [1.807, 2.05) is 42.5 Å². The van der Waals surface area contributed by atoms with E-state index in [4.69, 9.17) is 17.3 Å². The molecule has 3 aromatic carbocycles. The molecule has 4 N–H and O–H groups in total. The van der Waals surface area contributed by atoms with E-state index in [0.29, 0.717) is 42.1 Å². The summed E-state index contributed by atoms with van der Waals surface area (Å²) in [6.45, 7) is 1.01. The third kappa shape index (κ3) is 3.59. The van der Waals surface area contributed by atoms with Gasteiger partial charge in [-0.2, -0.15) is 0 Å². The Morgan fingerprint density at radius 2 is 1.68 bits per heavy atom. The Morgan fingerprint density at radius 3 is 2.32 bits per heavy atom. The lowest BCUT2D eigenvalue weighted by molar-refractivity contribution is -0.151. The molecule has 34 heavy (non-hydrogen) atoms. The van der Waals surface area contributed by atoms with E-state index in [-0.39, 0.29) is 12.5 Å². The van der Waals surface area contributed by atoms with Crippen LogP contribution < -0.4 is 11.1 Å². The molecule has 1 atom stereocenters. The van der Waals surface area contributed by atoms with Crippen LogP contribution in [0.1, 0.15) is 35.1 Å². The maximum absolute atomic E-state index is 13.9. The molecule has 7 heteroatoms. The first-order valence-corrected chi connectivity index (χ1v) is 11.8. The molecule has 0 radical (unpaired) electrons. The quantitative estimate of drug-likeness (QED) is 0.527. The molecule has 0 saturated carbocycles. The number of carbonyl (C=O) groups is 2. The van der Waals surface area contributed by atoms with E-state index in [9.17, 15) is 14.7 Å². The number of hydrogen-bond acceptors (Lipinski definition) is 4. The number of nitrogens with one attached hydrogen (secondary N) is 1. The summed E-state index contributed by atoms with van der Waals surface area (Å²) in [5.74, 6) is -0.718. The highest BCUT2D eigenvalue weighted by molar-refractivity contribution is 6.30. The molecule has 1 aliphatic carbocycles. The van der Waals surface area contributed by atoms with Crippen LogP contribution in [0.3, 0.4) is 0 Å². The van der Waals surface area contributed by atoms with Gasteiger partial charge in [0.25, 0.3) is 5.91 Å². The summed E-state index contributed by atoms with van der Waals surface area (Å²) in [6, 6.07) is 19.6. The summed E-state index contributed by atoms with van der Waals surface area (Å²) < 4.78 is 0. The molecular weight excluding hydrogens is 450 g/mol. The van der Waals surface area contributed by atoms with Crippen LogP contribution in [0.15, 0.2) is 66.7 Å². The SMILES string of the molecule is NCc1ccc(Cl)cc1CNC(=O)C1CCCN1C(=O)C1(O)c2ccccc2-c2ccccc21. The Hall–Kier alpha value is -3.19. The van der Waals surface area contributed by atoms with Crippen molar-refractivity contribution in [3.63, 3.8) is 0 Å². The molecule has 1 saturated heterocycles. The lowest BCUT2D eigenvalue weighted by Gasteiger charge is -2.32. The van der Waals surface area contributed by atoms with E-state index < -0.39 is 17.6 Å². The summed E-state index contributed by atoms with van der Waals surface area (Å²) >= 11 is 6.12. The van der Waals surface area contributed by atoms with Gasteiger partial charge in [-0.05, 0) is 47.2 Å². The highest BCUT2D eigenvalue weighted by atomic mass is 35.5. The average molecular weight is 476 g/mol. The van der Waals surface area contributed by atoms with Crippen LogP contribution in [0.2, 0.25) is 5.02 Å². The number of nitrogens with zero attached hydrogens (tertiary/aromatic N) is 1. The second kappa shape index (κ2) is 8.87. The van der Waals surface area contributed by atoms with Crippen molar-refractivity contribution >= 4 is 23.4 Å². The molecule has 2 aliphatic rings. The zero-order chi connectivity index (χ0) is 23.9. The van der Waals surface area contributed by atoms with Gasteiger partial charge in [0, 0.05) is 35.8 Å². The lowest BCUT2D eigenvalue weighted by atomic mass is 9.89. The predicted octanol–water partition coefficient (Wildman–Crippen LogP) is 3.32. The Morgan fingerprint density at radius 1 is 1.03 bits per heavy atom. The third-order valence-corrected chi connectivity index (χ3v) is 7.13. The largest absolute Gasteiger partial charge is 0.372 e. The Kier molecular flexibility index (Phi) is 5.90. The van der Waals surface area contributed by atoms with Crippen LogP contribution in [0.25, 0.3) is 11.1 Å². The minimum absolute atomic E-state index is 0.253. The van der Waals surface area contributed by atoms with Crippen molar-refractivity contribution in [2.45, 2.75) is 37.6 Å². The summed E-state index contributed by atoms with van der Waals surface area (Å²) in [6.07, 6.45) is 1.23. The Bertz CT molecular complexity index is 1230. The number of amides is 2. The zero-order valence-electron chi connectivity index (χ0n) is 18.6. The first-order valence-electron chi connectivity index (χ1n) is 11.4. The molecule has 1 aliphatic heterocycles. The Labute approximate surface area is 203 Å². The first kappa shape index (κ1) is 22.6. The number of aliphatic hydroxyl groups is 1. The third-order valence-electron chi connectivity index (χ3n) is 6.89. The van der Waals surface area contributed by atoms with Gasteiger partial charge in [0.05, 0.1) is 0 Å². The van der Waals surface area contributed by atoms with Crippen molar-refractivity contribution in [3.8, 4) is 11.1 Å². The molecule has 0 aromatic heterocycles. The van der Waals surface area contributed by atoms with Gasteiger partial charge in [0.2, 0.25) is 5.91 Å². The minimum atomic E-state index is -1.82. The van der Waals surface area contributed by atoms with Gasteiger partial charge in [-0.1, -0.05) is 66.2 Å². The topological polar surface area (TPSA) is 95.7 Å². The maximum atomic E-state index is 13.9. The summed E-state index contributed by atoms with van der Waals surface area (Å²) in [5, 5.41) is 15.4. The maximum Gasteiger partial charge on any atom is 0.264 e. The lowest BCUT2D eigenvalue weighted by Crippen LogP contribution is -2.52. The standard InChI is InChI=1S/C27H26ClN3O3/c28-19-12-11-17(15-29)18(14-19)16-30-25(32)24-10-5-13-31(24)26(33)27(34)22-8-3-1-6-20(22)21-7-2-4-9-23(21)27/h1-4,6-9,11-12,14,24,34H,5,10,13,15-16,29H2,(H,30,32). The van der Waals surface area contributed by atoms with Crippen molar-refractivity contribution in [2.75, 3.05) is 6.54 Å². The van der Waals surface area contributed by atoms with Gasteiger partial charge >= 0.3 is 0 Å². The van der Waals surface area contributed by atoms with Crippen molar-refractivity contribution < 1.29 is 14.7 Å². The summed E-state index contributed by atoms with van der Waals surface area (Å²) in [4.78, 5) is 28.6. The molecule has 6 nitrogen and oxygen atoms in total. The van der Waals surface area contributed by atoms with E-state index in [1.54, 1.807) is 24.3 Å². The van der Waals surface area contributed by atoms with E-state index in [2.05, 4.69) is 5.32 Å². The highest BCUT2D eigenvalue weighted by Gasteiger charge is 2.52. The summed E-state index contributed by atoms with van der Waals surface area (Å²) in [7, 11) is 0. The van der Waals surface area contributed by atoms with Crippen molar-refractivity contribution in [1.82, 2.24) is 10.2 Å². The monoisotopic (exact) mass is 475 g/mol. The van der Waals surface area contributed by atoms with Crippen molar-refractivity contribution in [2.24, 2.45) is 5.73 Å². The number of rotatable bonds is 5.